The number of aromatic nitrogens is 4. The first-order valence-corrected chi connectivity index (χ1v) is 12.7. The van der Waals surface area contributed by atoms with Gasteiger partial charge in [0.15, 0.2) is 17.9 Å². The monoisotopic (exact) mass is 552 g/mol. The average Bonchev–Trinajstić information content (AvgIpc) is 3.35. The highest BCUT2D eigenvalue weighted by Gasteiger charge is 2.29. The molecule has 12 heteroatoms. The second-order valence-corrected chi connectivity index (χ2v) is 9.59. The van der Waals surface area contributed by atoms with E-state index in [0.717, 1.165) is 12.1 Å². The summed E-state index contributed by atoms with van der Waals surface area (Å²) < 4.78 is 52.2. The molecule has 3 N–H and O–H groups in total. The van der Waals surface area contributed by atoms with Crippen LogP contribution in [0.4, 0.5) is 24.8 Å². The predicted molar refractivity (Wildman–Crippen MR) is 141 cm³/mol. The van der Waals surface area contributed by atoms with Gasteiger partial charge in [-0.05, 0) is 56.3 Å². The van der Waals surface area contributed by atoms with Gasteiger partial charge in [-0.25, -0.2) is 28.1 Å². The second kappa shape index (κ2) is 11.8. The maximum atomic E-state index is 13.7. The molecule has 2 aromatic carbocycles. The summed E-state index contributed by atoms with van der Waals surface area (Å²) in [6, 6.07) is 10.9. The smallest absolute Gasteiger partial charge is 0.227 e. The molecule has 1 aliphatic heterocycles. The molecule has 4 aromatic rings. The highest BCUT2D eigenvalue weighted by Crippen LogP contribution is 2.31. The highest BCUT2D eigenvalue weighted by atomic mass is 19.2. The molecule has 9 nitrogen and oxygen atoms in total. The van der Waals surface area contributed by atoms with E-state index in [2.05, 4.69) is 25.6 Å². The number of nitrogens with one attached hydrogen (secondary N) is 3. The minimum Gasteiger partial charge on any atom is -0.354 e. The summed E-state index contributed by atoms with van der Waals surface area (Å²) in [5, 5.41) is 5.72. The van der Waals surface area contributed by atoms with Gasteiger partial charge in [0.25, 0.3) is 0 Å². The van der Waals surface area contributed by atoms with Crippen LogP contribution in [0.1, 0.15) is 19.7 Å². The number of anilines is 2. The Balaban J connectivity index is 1.38. The van der Waals surface area contributed by atoms with Gasteiger partial charge in [-0.2, -0.15) is 0 Å². The molecule has 1 fully saturated rings. The largest absolute Gasteiger partial charge is 0.354 e. The van der Waals surface area contributed by atoms with Crippen LogP contribution >= 0.6 is 0 Å². The molecule has 1 aliphatic rings. The maximum Gasteiger partial charge on any atom is 0.227 e. The molecule has 0 spiro atoms. The van der Waals surface area contributed by atoms with Crippen LogP contribution in [0.3, 0.4) is 0 Å². The molecule has 1 saturated heterocycles. The molecule has 40 heavy (non-hydrogen) atoms. The molecule has 0 aliphatic carbocycles. The summed E-state index contributed by atoms with van der Waals surface area (Å²) >= 11 is 0. The first kappa shape index (κ1) is 27.3. The highest BCUT2D eigenvalue weighted by molar-refractivity contribution is 5.79. The van der Waals surface area contributed by atoms with Crippen LogP contribution in [-0.2, 0) is 20.7 Å². The van der Waals surface area contributed by atoms with E-state index >= 15 is 0 Å². The summed E-state index contributed by atoms with van der Waals surface area (Å²) in [6.45, 7) is 4.20. The third kappa shape index (κ3) is 6.46. The van der Waals surface area contributed by atoms with Crippen LogP contribution in [-0.4, -0.2) is 51.4 Å². The van der Waals surface area contributed by atoms with Crippen molar-refractivity contribution in [3.63, 3.8) is 0 Å². The van der Waals surface area contributed by atoms with E-state index in [1.807, 2.05) is 13.8 Å². The lowest BCUT2D eigenvalue weighted by atomic mass is 10.1. The first-order chi connectivity index (χ1) is 19.2. The molecule has 208 valence electrons. The van der Waals surface area contributed by atoms with E-state index in [1.54, 1.807) is 18.2 Å². The number of benzene rings is 2. The lowest BCUT2D eigenvalue weighted by Crippen LogP contribution is -2.44. The van der Waals surface area contributed by atoms with Crippen molar-refractivity contribution in [3.8, 4) is 22.6 Å². The summed E-state index contributed by atoms with van der Waals surface area (Å²) in [7, 11) is 0. The molecule has 5 rings (SSSR count). The van der Waals surface area contributed by atoms with Gasteiger partial charge >= 0.3 is 0 Å². The Morgan fingerprint density at radius 3 is 2.48 bits per heavy atom. The number of amides is 1. The maximum absolute atomic E-state index is 13.7. The zero-order valence-corrected chi connectivity index (χ0v) is 21.7. The molecule has 1 amide bonds. The van der Waals surface area contributed by atoms with E-state index in [9.17, 15) is 18.0 Å². The Labute approximate surface area is 228 Å². The van der Waals surface area contributed by atoms with Crippen molar-refractivity contribution >= 4 is 17.5 Å². The van der Waals surface area contributed by atoms with Crippen molar-refractivity contribution in [3.05, 3.63) is 78.0 Å². The topological polar surface area (TPSA) is 114 Å². The van der Waals surface area contributed by atoms with Gasteiger partial charge in [0.2, 0.25) is 11.9 Å². The van der Waals surface area contributed by atoms with Crippen LogP contribution in [0.5, 0.6) is 0 Å². The number of carbonyl (C=O) groups is 1. The summed E-state index contributed by atoms with van der Waals surface area (Å²) in [4.78, 5) is 28.9. The number of H-pyrrole nitrogens is 1. The van der Waals surface area contributed by atoms with E-state index in [1.165, 1.54) is 24.4 Å². The quantitative estimate of drug-likeness (QED) is 0.289. The van der Waals surface area contributed by atoms with Crippen LogP contribution in [0.15, 0.2) is 54.7 Å². The molecule has 3 heterocycles. The SMILES string of the molecule is CC(C)NC(=O)C1COC(Cc2nc(-c3ccc(F)cc3)c(-c3ccnc(Nc4ccc(F)c(F)c4)n3)[nH]2)OC1. The standard InChI is InChI=1S/C28H27F3N6O3/c1-15(2)33-27(38)17-13-39-24(40-14-17)12-23-36-25(16-3-5-18(29)6-4-16)26(37-23)22-9-10-32-28(35-22)34-19-7-8-20(30)21(31)11-19/h3-11,15,17,24H,12-14H2,1-2H3,(H,33,38)(H,36,37)(H,32,34,35). The number of hydrogen-bond donors (Lipinski definition) is 3. The van der Waals surface area contributed by atoms with Crippen molar-refractivity contribution in [1.82, 2.24) is 25.3 Å². The summed E-state index contributed by atoms with van der Waals surface area (Å²) in [5.74, 6) is -2.20. The number of carbonyl (C=O) groups excluding carboxylic acids is 1. The van der Waals surface area contributed by atoms with Crippen LogP contribution < -0.4 is 10.6 Å². The summed E-state index contributed by atoms with van der Waals surface area (Å²) in [5.41, 5.74) is 2.41. The zero-order valence-electron chi connectivity index (χ0n) is 21.7. The number of halogens is 3. The van der Waals surface area contributed by atoms with E-state index in [4.69, 9.17) is 14.5 Å². The van der Waals surface area contributed by atoms with Crippen molar-refractivity contribution in [2.45, 2.75) is 32.6 Å². The van der Waals surface area contributed by atoms with Gasteiger partial charge in [-0.1, -0.05) is 0 Å². The second-order valence-electron chi connectivity index (χ2n) is 9.59. The minimum atomic E-state index is -1.00. The third-order valence-corrected chi connectivity index (χ3v) is 6.09. The van der Waals surface area contributed by atoms with E-state index in [0.29, 0.717) is 28.5 Å². The van der Waals surface area contributed by atoms with Crippen molar-refractivity contribution in [2.75, 3.05) is 18.5 Å². The van der Waals surface area contributed by atoms with Crippen molar-refractivity contribution in [1.29, 1.82) is 0 Å². The zero-order chi connectivity index (χ0) is 28.2. The number of nitrogens with zero attached hydrogens (tertiary/aromatic N) is 3. The van der Waals surface area contributed by atoms with Gasteiger partial charge in [0.1, 0.15) is 11.6 Å². The normalized spacial score (nSPS) is 17.1. The van der Waals surface area contributed by atoms with Crippen LogP contribution in [0.2, 0.25) is 0 Å². The predicted octanol–water partition coefficient (Wildman–Crippen LogP) is 4.75. The minimum absolute atomic E-state index is 0.0195. The molecule has 2 aromatic heterocycles. The fraction of sp³-hybridized carbons (Fsp3) is 0.286. The number of rotatable bonds is 8. The molecular weight excluding hydrogens is 525 g/mol. The Bertz CT molecular complexity index is 1490. The number of imidazole rings is 1. The number of hydrogen-bond acceptors (Lipinski definition) is 7. The van der Waals surface area contributed by atoms with Crippen LogP contribution in [0.25, 0.3) is 22.6 Å². The van der Waals surface area contributed by atoms with Gasteiger partial charge in [0.05, 0.1) is 42.6 Å². The summed E-state index contributed by atoms with van der Waals surface area (Å²) in [6.07, 6.45) is 1.15. The van der Waals surface area contributed by atoms with E-state index < -0.39 is 23.8 Å². The van der Waals surface area contributed by atoms with Gasteiger partial charge in [0, 0.05) is 29.6 Å². The van der Waals surface area contributed by atoms with Gasteiger partial charge in [-0.3, -0.25) is 4.79 Å². The Kier molecular flexibility index (Phi) is 8.08. The molecular formula is C28H27F3N6O3. The van der Waals surface area contributed by atoms with E-state index in [-0.39, 0.29) is 49.0 Å². The molecule has 0 unspecified atom stereocenters. The average molecular weight is 553 g/mol. The molecule has 0 bridgehead atoms. The molecule has 0 radical (unpaired) electrons. The molecule has 0 saturated carbocycles. The number of aromatic amines is 1. The number of ether oxygens (including phenoxy) is 2. The lowest BCUT2D eigenvalue weighted by Gasteiger charge is -2.28. The fourth-order valence-corrected chi connectivity index (χ4v) is 4.15. The third-order valence-electron chi connectivity index (χ3n) is 6.09. The molecule has 0 atom stereocenters. The fourth-order valence-electron chi connectivity index (χ4n) is 4.15. The van der Waals surface area contributed by atoms with Crippen molar-refractivity contribution < 1.29 is 27.4 Å². The van der Waals surface area contributed by atoms with Crippen LogP contribution in [0, 0.1) is 23.4 Å². The Morgan fingerprint density at radius 2 is 1.77 bits per heavy atom. The lowest BCUT2D eigenvalue weighted by molar-refractivity contribution is -0.201. The Hall–Kier alpha value is -4.29. The van der Waals surface area contributed by atoms with Crippen molar-refractivity contribution in [2.24, 2.45) is 5.92 Å². The Morgan fingerprint density at radius 1 is 1.02 bits per heavy atom. The van der Waals surface area contributed by atoms with Gasteiger partial charge in [-0.15, -0.1) is 0 Å². The van der Waals surface area contributed by atoms with Gasteiger partial charge < -0.3 is 25.1 Å². The first-order valence-electron chi connectivity index (χ1n) is 12.7.